The molecular weight excluding hydrogens is 468 g/mol. The van der Waals surface area contributed by atoms with Crippen molar-refractivity contribution in [1.82, 2.24) is 14.5 Å². The van der Waals surface area contributed by atoms with Gasteiger partial charge in [0.05, 0.1) is 33.6 Å². The molecule has 1 N–H and O–H groups in total. The highest BCUT2D eigenvalue weighted by Gasteiger charge is 2.32. The normalized spacial score (nSPS) is 17.5. The first kappa shape index (κ1) is 22.7. The first-order valence-corrected chi connectivity index (χ1v) is 14.0. The lowest BCUT2D eigenvalue weighted by Gasteiger charge is -2.14. The van der Waals surface area contributed by atoms with Gasteiger partial charge >= 0.3 is 0 Å². The number of amides is 1. The Bertz CT molecular complexity index is 1470. The van der Waals surface area contributed by atoms with Crippen molar-refractivity contribution in [2.24, 2.45) is 0 Å². The van der Waals surface area contributed by atoms with Gasteiger partial charge in [-0.1, -0.05) is 32.0 Å². The van der Waals surface area contributed by atoms with Crippen LogP contribution in [0, 0.1) is 6.92 Å². The van der Waals surface area contributed by atoms with Gasteiger partial charge in [-0.25, -0.2) is 18.4 Å². The van der Waals surface area contributed by atoms with Crippen molar-refractivity contribution in [3.8, 4) is 10.6 Å². The van der Waals surface area contributed by atoms with E-state index in [1.165, 1.54) is 16.9 Å². The third-order valence-electron chi connectivity index (χ3n) is 6.25. The second kappa shape index (κ2) is 8.63. The Morgan fingerprint density at radius 2 is 1.94 bits per heavy atom. The lowest BCUT2D eigenvalue weighted by atomic mass is 10.0. The molecule has 1 amide bonds. The van der Waals surface area contributed by atoms with Crippen LogP contribution in [0.25, 0.3) is 21.6 Å². The summed E-state index contributed by atoms with van der Waals surface area (Å²) in [4.78, 5) is 23.7. The standard InChI is InChI=1S/C25H26N4O3S2/c1-15(2)17-6-8-18(9-7-17)27-25(30)24-23-21(13-20(28-24)22-5-4-11-33-22)29(16(3)26-23)19-10-12-34(31,32)14-19/h4-9,11,13,15,19H,10,12,14H2,1-3H3,(H,27,30). The average Bonchev–Trinajstić information content (AvgIpc) is 3.51. The van der Waals surface area contributed by atoms with Gasteiger partial charge < -0.3 is 9.88 Å². The summed E-state index contributed by atoms with van der Waals surface area (Å²) in [7, 11) is -3.08. The van der Waals surface area contributed by atoms with Gasteiger partial charge in [0.2, 0.25) is 0 Å². The Labute approximate surface area is 202 Å². The van der Waals surface area contributed by atoms with Crippen molar-refractivity contribution in [2.75, 3.05) is 16.8 Å². The van der Waals surface area contributed by atoms with E-state index in [0.717, 1.165) is 10.4 Å². The number of imidazole rings is 1. The summed E-state index contributed by atoms with van der Waals surface area (Å²) >= 11 is 1.54. The number of rotatable bonds is 5. The van der Waals surface area contributed by atoms with Crippen LogP contribution in [0.5, 0.6) is 0 Å². The molecular formula is C25H26N4O3S2. The lowest BCUT2D eigenvalue weighted by molar-refractivity contribution is 0.102. The fraction of sp³-hybridized carbons (Fsp3) is 0.320. The summed E-state index contributed by atoms with van der Waals surface area (Å²) in [6.45, 7) is 6.10. The van der Waals surface area contributed by atoms with Crippen LogP contribution in [-0.2, 0) is 9.84 Å². The summed E-state index contributed by atoms with van der Waals surface area (Å²) < 4.78 is 26.3. The van der Waals surface area contributed by atoms with E-state index in [4.69, 9.17) is 4.98 Å². The third kappa shape index (κ3) is 4.25. The molecule has 4 heterocycles. The number of fused-ring (bicyclic) bond motifs is 1. The molecule has 34 heavy (non-hydrogen) atoms. The van der Waals surface area contributed by atoms with E-state index in [9.17, 15) is 13.2 Å². The number of carbonyl (C=O) groups is 1. The van der Waals surface area contributed by atoms with E-state index in [2.05, 4.69) is 24.1 Å². The van der Waals surface area contributed by atoms with Crippen LogP contribution in [0.2, 0.25) is 0 Å². The number of anilines is 1. The van der Waals surface area contributed by atoms with Crippen molar-refractivity contribution in [3.05, 3.63) is 64.9 Å². The van der Waals surface area contributed by atoms with Crippen LogP contribution >= 0.6 is 11.3 Å². The minimum Gasteiger partial charge on any atom is -0.324 e. The van der Waals surface area contributed by atoms with Gasteiger partial charge in [0.15, 0.2) is 15.5 Å². The average molecular weight is 495 g/mol. The van der Waals surface area contributed by atoms with Crippen molar-refractivity contribution in [3.63, 3.8) is 0 Å². The molecule has 0 bridgehead atoms. The molecule has 5 rings (SSSR count). The molecule has 1 aliphatic rings. The summed E-state index contributed by atoms with van der Waals surface area (Å²) in [5.74, 6) is 0.987. The van der Waals surface area contributed by atoms with E-state index in [1.807, 2.05) is 59.3 Å². The molecule has 1 atom stereocenters. The molecule has 0 saturated carbocycles. The number of thiophene rings is 1. The molecule has 0 spiro atoms. The smallest absolute Gasteiger partial charge is 0.276 e. The largest absolute Gasteiger partial charge is 0.324 e. The Hall–Kier alpha value is -3.04. The van der Waals surface area contributed by atoms with E-state index in [0.29, 0.717) is 35.1 Å². The van der Waals surface area contributed by atoms with Gasteiger partial charge in [0.25, 0.3) is 5.91 Å². The molecule has 1 unspecified atom stereocenters. The monoisotopic (exact) mass is 494 g/mol. The minimum atomic E-state index is -3.08. The third-order valence-corrected chi connectivity index (χ3v) is 8.89. The summed E-state index contributed by atoms with van der Waals surface area (Å²) in [5, 5.41) is 4.92. The highest BCUT2D eigenvalue weighted by Crippen LogP contribution is 2.33. The summed E-state index contributed by atoms with van der Waals surface area (Å²) in [5.41, 5.74) is 4.00. The predicted octanol–water partition coefficient (Wildman–Crippen LogP) is 5.20. The molecule has 1 saturated heterocycles. The number of hydrogen-bond acceptors (Lipinski definition) is 6. The van der Waals surface area contributed by atoms with Crippen molar-refractivity contribution in [2.45, 2.75) is 39.2 Å². The summed E-state index contributed by atoms with van der Waals surface area (Å²) in [6, 6.07) is 13.4. The number of pyridine rings is 1. The fourth-order valence-electron chi connectivity index (χ4n) is 4.50. The number of aryl methyl sites for hydroxylation is 1. The van der Waals surface area contributed by atoms with Crippen molar-refractivity contribution < 1.29 is 13.2 Å². The highest BCUT2D eigenvalue weighted by molar-refractivity contribution is 7.91. The molecule has 0 aliphatic carbocycles. The zero-order valence-electron chi connectivity index (χ0n) is 19.3. The van der Waals surface area contributed by atoms with Crippen molar-refractivity contribution in [1.29, 1.82) is 0 Å². The predicted molar refractivity (Wildman–Crippen MR) is 136 cm³/mol. The Balaban J connectivity index is 1.60. The van der Waals surface area contributed by atoms with Crippen LogP contribution in [0.4, 0.5) is 5.69 Å². The Morgan fingerprint density at radius 3 is 2.56 bits per heavy atom. The molecule has 0 radical (unpaired) electrons. The SMILES string of the molecule is Cc1nc2c(C(=O)Nc3ccc(C(C)C)cc3)nc(-c3cccs3)cc2n1C1CCS(=O)(=O)C1. The number of benzene rings is 1. The van der Waals surface area contributed by atoms with Crippen LogP contribution < -0.4 is 5.32 Å². The number of hydrogen-bond donors (Lipinski definition) is 1. The van der Waals surface area contributed by atoms with Gasteiger partial charge in [-0.15, -0.1) is 11.3 Å². The first-order chi connectivity index (χ1) is 16.2. The topological polar surface area (TPSA) is 93.9 Å². The maximum absolute atomic E-state index is 13.4. The number of aromatic nitrogens is 3. The molecule has 1 aromatic carbocycles. The second-order valence-electron chi connectivity index (χ2n) is 9.02. The lowest BCUT2D eigenvalue weighted by Crippen LogP contribution is -2.15. The van der Waals surface area contributed by atoms with Crippen LogP contribution in [0.3, 0.4) is 0 Å². The fourth-order valence-corrected chi connectivity index (χ4v) is 6.89. The molecule has 176 valence electrons. The number of nitrogens with one attached hydrogen (secondary N) is 1. The highest BCUT2D eigenvalue weighted by atomic mass is 32.2. The Morgan fingerprint density at radius 1 is 1.18 bits per heavy atom. The minimum absolute atomic E-state index is 0.0830. The molecule has 4 aromatic rings. The molecule has 9 heteroatoms. The zero-order valence-corrected chi connectivity index (χ0v) is 20.9. The van der Waals surface area contributed by atoms with E-state index < -0.39 is 9.84 Å². The first-order valence-electron chi connectivity index (χ1n) is 11.3. The van der Waals surface area contributed by atoms with Gasteiger partial charge in [-0.2, -0.15) is 0 Å². The quantitative estimate of drug-likeness (QED) is 0.411. The van der Waals surface area contributed by atoms with Gasteiger partial charge in [0.1, 0.15) is 11.3 Å². The zero-order chi connectivity index (χ0) is 24.0. The van der Waals surface area contributed by atoms with Crippen LogP contribution in [0.15, 0.2) is 47.8 Å². The maximum Gasteiger partial charge on any atom is 0.276 e. The van der Waals surface area contributed by atoms with Gasteiger partial charge in [-0.3, -0.25) is 4.79 Å². The van der Waals surface area contributed by atoms with E-state index in [-0.39, 0.29) is 29.1 Å². The van der Waals surface area contributed by atoms with Gasteiger partial charge in [0, 0.05) is 5.69 Å². The Kier molecular flexibility index (Phi) is 5.77. The molecule has 1 aliphatic heterocycles. The van der Waals surface area contributed by atoms with Crippen LogP contribution in [-0.4, -0.2) is 40.4 Å². The van der Waals surface area contributed by atoms with E-state index >= 15 is 0 Å². The second-order valence-corrected chi connectivity index (χ2v) is 12.2. The van der Waals surface area contributed by atoms with Crippen molar-refractivity contribution >= 4 is 43.8 Å². The number of carbonyl (C=O) groups excluding carboxylic acids is 1. The van der Waals surface area contributed by atoms with Gasteiger partial charge in [-0.05, 0) is 54.5 Å². The maximum atomic E-state index is 13.4. The molecule has 1 fully saturated rings. The molecule has 7 nitrogen and oxygen atoms in total. The number of nitrogens with zero attached hydrogens (tertiary/aromatic N) is 3. The summed E-state index contributed by atoms with van der Waals surface area (Å²) in [6.07, 6.45) is 0.537. The number of sulfone groups is 1. The van der Waals surface area contributed by atoms with E-state index in [1.54, 1.807) is 0 Å². The molecule has 3 aromatic heterocycles. The van der Waals surface area contributed by atoms with Crippen LogP contribution in [0.1, 0.15) is 54.1 Å².